The first-order valence-electron chi connectivity index (χ1n) is 11.3. The fraction of sp³-hybridized carbons (Fsp3) is 0.500. The summed E-state index contributed by atoms with van der Waals surface area (Å²) in [5.74, 6) is 1.97. The number of nitrogens with one attached hydrogen (secondary N) is 2. The molecule has 1 aliphatic heterocycles. The van der Waals surface area contributed by atoms with Crippen molar-refractivity contribution >= 4 is 41.0 Å². The number of hydrogen-bond donors (Lipinski definition) is 2. The molecule has 0 saturated carbocycles. The summed E-state index contributed by atoms with van der Waals surface area (Å²) < 4.78 is 1.76. The summed E-state index contributed by atoms with van der Waals surface area (Å²) in [5.41, 5.74) is 3.86. The molecule has 1 amide bonds. The molecule has 3 aromatic rings. The summed E-state index contributed by atoms with van der Waals surface area (Å²) in [4.78, 5) is 26.1. The maximum absolute atomic E-state index is 12.9. The fourth-order valence-electron chi connectivity index (χ4n) is 3.89. The van der Waals surface area contributed by atoms with Crippen molar-refractivity contribution in [3.8, 4) is 0 Å². The third-order valence-electron chi connectivity index (χ3n) is 5.79. The number of piperazine rings is 1. The molecule has 0 spiro atoms. The van der Waals surface area contributed by atoms with Gasteiger partial charge in [0.1, 0.15) is 0 Å². The molecule has 0 atom stereocenters. The summed E-state index contributed by atoms with van der Waals surface area (Å²) >= 11 is 1.36. The topological polar surface area (TPSA) is 104 Å². The molecule has 3 heterocycles. The highest BCUT2D eigenvalue weighted by Crippen LogP contribution is 2.25. The van der Waals surface area contributed by atoms with E-state index in [4.69, 9.17) is 0 Å². The van der Waals surface area contributed by atoms with Gasteiger partial charge < -0.3 is 20.4 Å². The number of aromatic nitrogens is 5. The first-order chi connectivity index (χ1) is 16.0. The highest BCUT2D eigenvalue weighted by atomic mass is 32.2. The van der Waals surface area contributed by atoms with Gasteiger partial charge in [-0.2, -0.15) is 9.97 Å². The van der Waals surface area contributed by atoms with Crippen LogP contribution in [0.5, 0.6) is 0 Å². The van der Waals surface area contributed by atoms with Gasteiger partial charge >= 0.3 is 0 Å². The number of rotatable bonds is 8. The minimum atomic E-state index is 0.104. The van der Waals surface area contributed by atoms with Crippen molar-refractivity contribution in [1.29, 1.82) is 0 Å². The Balaban J connectivity index is 1.39. The smallest absolute Gasteiger partial charge is 0.261 e. The monoisotopic (exact) mass is 469 g/mol. The van der Waals surface area contributed by atoms with Crippen LogP contribution < -0.4 is 15.5 Å². The van der Waals surface area contributed by atoms with E-state index in [1.54, 1.807) is 4.40 Å². The van der Waals surface area contributed by atoms with Crippen LogP contribution in [0.4, 0.5) is 17.6 Å². The molecule has 4 rings (SSSR count). The average Bonchev–Trinajstić information content (AvgIpc) is 3.23. The fourth-order valence-corrected chi connectivity index (χ4v) is 4.72. The third-order valence-corrected chi connectivity index (χ3v) is 6.70. The number of carbonyl (C=O) groups is 1. The summed E-state index contributed by atoms with van der Waals surface area (Å²) in [6.07, 6.45) is 0. The number of aryl methyl sites for hydroxylation is 1. The molecule has 1 saturated heterocycles. The molecular weight excluding hydrogens is 438 g/mol. The number of thioether (sulfide) groups is 1. The lowest BCUT2D eigenvalue weighted by molar-refractivity contribution is -0.128. The van der Waals surface area contributed by atoms with Gasteiger partial charge in [-0.1, -0.05) is 23.9 Å². The standard InChI is InChI=1S/C22H31N9OS/c1-5-23-19-25-20(24-6-2)31-21(26-19)27-28-22(31)33-14-18(32)30-12-10-29(11-13-30)17-9-7-8-15(3)16(17)4/h7-9H,5-6,10-14H2,1-4H3,(H2,23,24,25,26,27). The number of benzene rings is 1. The number of hydrogen-bond acceptors (Lipinski definition) is 9. The van der Waals surface area contributed by atoms with E-state index < -0.39 is 0 Å². The first kappa shape index (κ1) is 23.1. The van der Waals surface area contributed by atoms with Gasteiger partial charge in [-0.3, -0.25) is 4.79 Å². The Morgan fingerprint density at radius 1 is 1.03 bits per heavy atom. The van der Waals surface area contributed by atoms with E-state index in [9.17, 15) is 4.79 Å². The van der Waals surface area contributed by atoms with Gasteiger partial charge in [0.05, 0.1) is 5.75 Å². The SMILES string of the molecule is CCNc1nc(NCC)n2c(SCC(=O)N3CCN(c4cccc(C)c4C)CC3)nnc2n1. The van der Waals surface area contributed by atoms with Gasteiger partial charge in [-0.15, -0.1) is 10.2 Å². The molecule has 10 nitrogen and oxygen atoms in total. The normalized spacial score (nSPS) is 14.1. The Bertz CT molecular complexity index is 1120. The van der Waals surface area contributed by atoms with E-state index in [0.29, 0.717) is 54.8 Å². The second-order valence-corrected chi connectivity index (χ2v) is 8.87. The highest BCUT2D eigenvalue weighted by Gasteiger charge is 2.23. The van der Waals surface area contributed by atoms with Crippen LogP contribution in [0, 0.1) is 13.8 Å². The molecule has 0 aliphatic carbocycles. The molecule has 33 heavy (non-hydrogen) atoms. The van der Waals surface area contributed by atoms with Crippen LogP contribution in [0.3, 0.4) is 0 Å². The molecule has 176 valence electrons. The zero-order valence-corrected chi connectivity index (χ0v) is 20.4. The predicted molar refractivity (Wildman–Crippen MR) is 132 cm³/mol. The summed E-state index contributed by atoms with van der Waals surface area (Å²) in [7, 11) is 0. The second kappa shape index (κ2) is 10.2. The van der Waals surface area contributed by atoms with Crippen molar-refractivity contribution in [2.24, 2.45) is 0 Å². The number of anilines is 3. The van der Waals surface area contributed by atoms with E-state index in [0.717, 1.165) is 13.1 Å². The summed E-state index contributed by atoms with van der Waals surface area (Å²) in [6, 6.07) is 6.40. The van der Waals surface area contributed by atoms with Crippen molar-refractivity contribution in [2.45, 2.75) is 32.9 Å². The summed E-state index contributed by atoms with van der Waals surface area (Å²) in [5, 5.41) is 15.4. The average molecular weight is 470 g/mol. The Morgan fingerprint density at radius 2 is 1.79 bits per heavy atom. The predicted octanol–water partition coefficient (Wildman–Crippen LogP) is 2.44. The van der Waals surface area contributed by atoms with E-state index >= 15 is 0 Å². The van der Waals surface area contributed by atoms with Gasteiger partial charge in [0.2, 0.25) is 17.8 Å². The Hall–Kier alpha value is -3.08. The van der Waals surface area contributed by atoms with Crippen LogP contribution in [0.2, 0.25) is 0 Å². The van der Waals surface area contributed by atoms with Crippen LogP contribution in [0.1, 0.15) is 25.0 Å². The molecule has 11 heteroatoms. The number of carbonyl (C=O) groups excluding carboxylic acids is 1. The maximum atomic E-state index is 12.9. The van der Waals surface area contributed by atoms with Crippen molar-refractivity contribution in [1.82, 2.24) is 29.5 Å². The lowest BCUT2D eigenvalue weighted by atomic mass is 10.1. The van der Waals surface area contributed by atoms with Crippen LogP contribution in [0.25, 0.3) is 5.78 Å². The van der Waals surface area contributed by atoms with Gasteiger partial charge in [-0.25, -0.2) is 4.40 Å². The zero-order valence-electron chi connectivity index (χ0n) is 19.6. The van der Waals surface area contributed by atoms with Gasteiger partial charge in [-0.05, 0) is 44.9 Å². The number of fused-ring (bicyclic) bond motifs is 1. The van der Waals surface area contributed by atoms with Crippen LogP contribution in [-0.2, 0) is 4.79 Å². The molecule has 2 aromatic heterocycles. The zero-order chi connectivity index (χ0) is 23.4. The number of nitrogens with zero attached hydrogens (tertiary/aromatic N) is 7. The lowest BCUT2D eigenvalue weighted by Crippen LogP contribution is -2.49. The Labute approximate surface area is 198 Å². The molecular formula is C22H31N9OS. The second-order valence-electron chi connectivity index (χ2n) is 7.93. The lowest BCUT2D eigenvalue weighted by Gasteiger charge is -2.37. The van der Waals surface area contributed by atoms with E-state index in [1.807, 2.05) is 18.7 Å². The molecule has 1 fully saturated rings. The van der Waals surface area contributed by atoms with Crippen molar-refractivity contribution in [3.63, 3.8) is 0 Å². The first-order valence-corrected chi connectivity index (χ1v) is 12.3. The maximum Gasteiger partial charge on any atom is 0.261 e. The molecule has 0 unspecified atom stereocenters. The minimum absolute atomic E-state index is 0.104. The Kier molecular flexibility index (Phi) is 7.17. The number of amides is 1. The minimum Gasteiger partial charge on any atom is -0.368 e. The molecule has 0 radical (unpaired) electrons. The van der Waals surface area contributed by atoms with Crippen LogP contribution in [0.15, 0.2) is 23.4 Å². The molecule has 2 N–H and O–H groups in total. The Morgan fingerprint density at radius 3 is 2.52 bits per heavy atom. The van der Waals surface area contributed by atoms with Gasteiger partial charge in [0.25, 0.3) is 5.78 Å². The van der Waals surface area contributed by atoms with Gasteiger partial charge in [0.15, 0.2) is 5.16 Å². The van der Waals surface area contributed by atoms with E-state index in [2.05, 4.69) is 67.7 Å². The molecule has 0 bridgehead atoms. The van der Waals surface area contributed by atoms with E-state index in [1.165, 1.54) is 28.6 Å². The van der Waals surface area contributed by atoms with Crippen LogP contribution in [-0.4, -0.2) is 80.4 Å². The van der Waals surface area contributed by atoms with Crippen LogP contribution >= 0.6 is 11.8 Å². The quantitative estimate of drug-likeness (QED) is 0.481. The molecule has 1 aromatic carbocycles. The van der Waals surface area contributed by atoms with Gasteiger partial charge in [0, 0.05) is 45.0 Å². The highest BCUT2D eigenvalue weighted by molar-refractivity contribution is 7.99. The van der Waals surface area contributed by atoms with Crippen molar-refractivity contribution < 1.29 is 4.79 Å². The van der Waals surface area contributed by atoms with Crippen molar-refractivity contribution in [2.75, 3.05) is 60.6 Å². The largest absolute Gasteiger partial charge is 0.368 e. The molecule has 1 aliphatic rings. The third kappa shape index (κ3) is 4.97. The summed E-state index contributed by atoms with van der Waals surface area (Å²) in [6.45, 7) is 12.8. The van der Waals surface area contributed by atoms with E-state index in [-0.39, 0.29) is 5.91 Å². The van der Waals surface area contributed by atoms with Crippen molar-refractivity contribution in [3.05, 3.63) is 29.3 Å².